The van der Waals surface area contributed by atoms with Crippen LogP contribution < -0.4 is 5.73 Å². The Morgan fingerprint density at radius 1 is 2.00 bits per heavy atom. The second-order valence-corrected chi connectivity index (χ2v) is 1.22. The molecule has 0 aromatic heterocycles. The van der Waals surface area contributed by atoms with Crippen LogP contribution in [0, 0.1) is 0 Å². The largest absolute Gasteiger partial charge is 0.370 e. The molecule has 0 unspecified atom stereocenters. The molecule has 0 aliphatic heterocycles. The van der Waals surface area contributed by atoms with Gasteiger partial charge in [-0.15, -0.1) is 0 Å². The lowest BCUT2D eigenvalue weighted by Gasteiger charge is -1.81. The quantitative estimate of drug-likeness (QED) is 0.526. The van der Waals surface area contributed by atoms with E-state index in [0.717, 1.165) is 6.42 Å². The molecule has 0 aromatic rings. The number of carbonyl (C=O) groups is 1. The molecule has 2 heteroatoms. The lowest BCUT2D eigenvalue weighted by Crippen LogP contribution is -2.08. The highest BCUT2D eigenvalue weighted by atomic mass is 16.1. The summed E-state index contributed by atoms with van der Waals surface area (Å²) >= 11 is 0. The zero-order chi connectivity index (χ0) is 4.99. The molecule has 2 nitrogen and oxygen atoms in total. The third kappa shape index (κ3) is 3.47. The van der Waals surface area contributed by atoms with Crippen LogP contribution in [0.5, 0.6) is 0 Å². The van der Waals surface area contributed by atoms with E-state index in [1.807, 2.05) is 6.92 Å². The highest BCUT2D eigenvalue weighted by Gasteiger charge is 1.84. The fourth-order valence-electron chi connectivity index (χ4n) is 0.246. The van der Waals surface area contributed by atoms with Crippen molar-refractivity contribution in [2.75, 3.05) is 0 Å². The van der Waals surface area contributed by atoms with Gasteiger partial charge in [-0.1, -0.05) is 6.92 Å². The van der Waals surface area contributed by atoms with Gasteiger partial charge in [0.25, 0.3) is 0 Å². The lowest BCUT2D eigenvalue weighted by atomic mass is 10.3. The first-order chi connectivity index (χ1) is 2.77. The van der Waals surface area contributed by atoms with E-state index in [0.29, 0.717) is 6.42 Å². The van der Waals surface area contributed by atoms with Crippen molar-refractivity contribution in [2.45, 2.75) is 19.8 Å². The van der Waals surface area contributed by atoms with Crippen molar-refractivity contribution in [3.8, 4) is 0 Å². The van der Waals surface area contributed by atoms with E-state index in [1.54, 1.807) is 0 Å². The fraction of sp³-hybridized carbons (Fsp3) is 0.750. The zero-order valence-corrected chi connectivity index (χ0v) is 3.90. The summed E-state index contributed by atoms with van der Waals surface area (Å²) in [6.45, 7) is 1.92. The van der Waals surface area contributed by atoms with Crippen LogP contribution in [0.4, 0.5) is 0 Å². The van der Waals surface area contributed by atoms with Gasteiger partial charge >= 0.3 is 0 Å². The minimum absolute atomic E-state index is 0. The minimum atomic E-state index is -0.211. The van der Waals surface area contributed by atoms with Gasteiger partial charge in [-0.3, -0.25) is 4.79 Å². The number of carbonyl (C=O) groups excluding carboxylic acids is 1. The van der Waals surface area contributed by atoms with Gasteiger partial charge in [0.2, 0.25) is 5.91 Å². The molecule has 38 valence electrons. The molecular formula is C4H11NO. The van der Waals surface area contributed by atoms with Crippen LogP contribution >= 0.6 is 0 Å². The summed E-state index contributed by atoms with van der Waals surface area (Å²) in [5, 5.41) is 0. The van der Waals surface area contributed by atoms with Gasteiger partial charge in [0.1, 0.15) is 0 Å². The summed E-state index contributed by atoms with van der Waals surface area (Å²) in [5.74, 6) is -0.211. The van der Waals surface area contributed by atoms with Gasteiger partial charge in [0.05, 0.1) is 0 Å². The Bertz CT molecular complexity index is 55.7. The number of hydrogen-bond acceptors (Lipinski definition) is 1. The van der Waals surface area contributed by atoms with Gasteiger partial charge in [-0.05, 0) is 6.42 Å². The molecule has 0 spiro atoms. The van der Waals surface area contributed by atoms with Gasteiger partial charge in [0.15, 0.2) is 0 Å². The normalized spacial score (nSPS) is 8.17. The Hall–Kier alpha value is -0.530. The van der Waals surface area contributed by atoms with Crippen LogP contribution in [-0.2, 0) is 4.79 Å². The standard InChI is InChI=1S/C4H9NO.H2/c1-2-3-4(5)6;/h2-3H2,1H3,(H2,5,6);1H. The van der Waals surface area contributed by atoms with Gasteiger partial charge in [0, 0.05) is 7.85 Å². The summed E-state index contributed by atoms with van der Waals surface area (Å²) in [6.07, 6.45) is 1.37. The highest BCUT2D eigenvalue weighted by Crippen LogP contribution is 1.79. The molecule has 1 amide bonds. The molecule has 0 aliphatic rings. The molecule has 0 heterocycles. The van der Waals surface area contributed by atoms with Crippen LogP contribution in [0.15, 0.2) is 0 Å². The summed E-state index contributed by atoms with van der Waals surface area (Å²) in [5.41, 5.74) is 4.76. The SMILES string of the molecule is CCCC(N)=O.[HH]. The Kier molecular flexibility index (Phi) is 2.46. The monoisotopic (exact) mass is 89.1 g/mol. The van der Waals surface area contributed by atoms with Crippen LogP contribution in [0.2, 0.25) is 0 Å². The van der Waals surface area contributed by atoms with Crippen molar-refractivity contribution >= 4 is 5.91 Å². The van der Waals surface area contributed by atoms with Gasteiger partial charge in [-0.2, -0.15) is 0 Å². The Balaban J connectivity index is 0. The molecule has 0 aliphatic carbocycles. The van der Waals surface area contributed by atoms with Gasteiger partial charge in [-0.25, -0.2) is 0 Å². The van der Waals surface area contributed by atoms with Crippen LogP contribution in [-0.4, -0.2) is 5.91 Å². The molecular weight excluding hydrogens is 78.0 g/mol. The third-order valence-corrected chi connectivity index (χ3v) is 0.496. The van der Waals surface area contributed by atoms with Crippen molar-refractivity contribution in [3.63, 3.8) is 0 Å². The van der Waals surface area contributed by atoms with Crippen molar-refractivity contribution in [1.29, 1.82) is 0 Å². The molecule has 0 rings (SSSR count). The van der Waals surface area contributed by atoms with E-state index in [4.69, 9.17) is 5.73 Å². The number of primary amides is 1. The predicted molar refractivity (Wildman–Crippen MR) is 26.2 cm³/mol. The first-order valence-corrected chi connectivity index (χ1v) is 2.05. The topological polar surface area (TPSA) is 43.1 Å². The number of hydrogen-bond donors (Lipinski definition) is 1. The Morgan fingerprint density at radius 3 is 2.50 bits per heavy atom. The molecule has 0 saturated heterocycles. The van der Waals surface area contributed by atoms with Gasteiger partial charge < -0.3 is 5.73 Å². The first-order valence-electron chi connectivity index (χ1n) is 2.05. The minimum Gasteiger partial charge on any atom is -0.370 e. The van der Waals surface area contributed by atoms with E-state index in [2.05, 4.69) is 0 Å². The summed E-state index contributed by atoms with van der Waals surface area (Å²) in [4.78, 5) is 9.82. The maximum atomic E-state index is 9.82. The maximum absolute atomic E-state index is 9.82. The molecule has 0 bridgehead atoms. The molecule has 0 saturated carbocycles. The van der Waals surface area contributed by atoms with Crippen LogP contribution in [0.3, 0.4) is 0 Å². The van der Waals surface area contributed by atoms with Crippen LogP contribution in [0.1, 0.15) is 21.2 Å². The molecule has 2 N–H and O–H groups in total. The van der Waals surface area contributed by atoms with Crippen LogP contribution in [0.25, 0.3) is 0 Å². The number of rotatable bonds is 2. The third-order valence-electron chi connectivity index (χ3n) is 0.496. The van der Waals surface area contributed by atoms with E-state index >= 15 is 0 Å². The lowest BCUT2D eigenvalue weighted by molar-refractivity contribution is -0.118. The fourth-order valence-corrected chi connectivity index (χ4v) is 0.246. The highest BCUT2D eigenvalue weighted by molar-refractivity contribution is 5.73. The number of nitrogens with two attached hydrogens (primary N) is 1. The maximum Gasteiger partial charge on any atom is 0.217 e. The molecule has 0 radical (unpaired) electrons. The molecule has 0 aromatic carbocycles. The zero-order valence-electron chi connectivity index (χ0n) is 3.90. The summed E-state index contributed by atoms with van der Waals surface area (Å²) < 4.78 is 0. The molecule has 0 atom stereocenters. The second-order valence-electron chi connectivity index (χ2n) is 1.22. The molecule has 0 fully saturated rings. The average Bonchev–Trinajstić information content (AvgIpc) is 1.35. The average molecular weight is 89.1 g/mol. The van der Waals surface area contributed by atoms with E-state index in [-0.39, 0.29) is 7.33 Å². The molecule has 6 heavy (non-hydrogen) atoms. The summed E-state index contributed by atoms with van der Waals surface area (Å²) in [6, 6.07) is 0. The van der Waals surface area contributed by atoms with E-state index < -0.39 is 0 Å². The van der Waals surface area contributed by atoms with Crippen molar-refractivity contribution in [1.82, 2.24) is 0 Å². The number of amides is 1. The van der Waals surface area contributed by atoms with E-state index in [9.17, 15) is 4.79 Å². The second kappa shape index (κ2) is 2.69. The first kappa shape index (κ1) is 5.47. The predicted octanol–water partition coefficient (Wildman–Crippen LogP) is 0.518. The Morgan fingerprint density at radius 2 is 2.50 bits per heavy atom. The van der Waals surface area contributed by atoms with Crippen molar-refractivity contribution in [3.05, 3.63) is 0 Å². The van der Waals surface area contributed by atoms with Crippen molar-refractivity contribution < 1.29 is 6.22 Å². The van der Waals surface area contributed by atoms with E-state index in [1.165, 1.54) is 0 Å². The summed E-state index contributed by atoms with van der Waals surface area (Å²) in [7, 11) is 0. The smallest absolute Gasteiger partial charge is 0.217 e. The Labute approximate surface area is 38.8 Å². The van der Waals surface area contributed by atoms with Crippen molar-refractivity contribution in [2.24, 2.45) is 5.73 Å².